The van der Waals surface area contributed by atoms with E-state index >= 15 is 0 Å². The van der Waals surface area contributed by atoms with Crippen molar-refractivity contribution >= 4 is 11.8 Å². The molecular formula is C20H24N4O3. The van der Waals surface area contributed by atoms with E-state index in [1.54, 1.807) is 11.1 Å². The minimum Gasteiger partial charge on any atom is -0.381 e. The molecule has 2 amide bonds. The zero-order valence-corrected chi connectivity index (χ0v) is 15.3. The van der Waals surface area contributed by atoms with Crippen molar-refractivity contribution in [3.8, 4) is 6.07 Å². The van der Waals surface area contributed by atoms with Crippen molar-refractivity contribution < 1.29 is 14.3 Å². The molecule has 4 saturated heterocycles. The van der Waals surface area contributed by atoms with Gasteiger partial charge in [-0.3, -0.25) is 14.6 Å². The number of aromatic nitrogens is 1. The highest BCUT2D eigenvalue weighted by atomic mass is 16.5. The summed E-state index contributed by atoms with van der Waals surface area (Å²) >= 11 is 0. The first-order valence-corrected chi connectivity index (χ1v) is 9.62. The van der Waals surface area contributed by atoms with Crippen molar-refractivity contribution in [2.45, 2.75) is 38.3 Å². The van der Waals surface area contributed by atoms with Gasteiger partial charge in [-0.15, -0.1) is 0 Å². The molecule has 7 heteroatoms. The lowest BCUT2D eigenvalue weighted by molar-refractivity contribution is -0.143. The number of pyridine rings is 1. The van der Waals surface area contributed by atoms with E-state index in [0.717, 1.165) is 18.5 Å². The van der Waals surface area contributed by atoms with E-state index in [0.29, 0.717) is 45.7 Å². The minimum atomic E-state index is -1.00. The van der Waals surface area contributed by atoms with Crippen LogP contribution in [0.5, 0.6) is 0 Å². The highest BCUT2D eigenvalue weighted by Crippen LogP contribution is 2.36. The Hall–Kier alpha value is -2.46. The number of carbonyl (C=O) groups excluding carboxylic acids is 2. The molecule has 0 saturated carbocycles. The smallest absolute Gasteiger partial charge is 0.243 e. The molecule has 7 nitrogen and oxygen atoms in total. The fourth-order valence-corrected chi connectivity index (χ4v) is 4.48. The standard InChI is InChI=1S/C20H24N4O3/c21-14-20(6-9-27-10-7-20)19(26)23-11-15-4-5-17(13-23)24(18(15)25)12-16-3-1-2-8-22-16/h1-3,8,15,17H,4-7,9-13H2/t15-,17+/m1/s1. The van der Waals surface area contributed by atoms with Crippen molar-refractivity contribution in [2.24, 2.45) is 11.3 Å². The summed E-state index contributed by atoms with van der Waals surface area (Å²) in [5.41, 5.74) is -0.147. The van der Waals surface area contributed by atoms with Crippen LogP contribution < -0.4 is 0 Å². The molecule has 4 fully saturated rings. The first-order chi connectivity index (χ1) is 13.1. The summed E-state index contributed by atoms with van der Waals surface area (Å²) in [5.74, 6) is -0.213. The van der Waals surface area contributed by atoms with Gasteiger partial charge in [0.15, 0.2) is 0 Å². The van der Waals surface area contributed by atoms with E-state index in [4.69, 9.17) is 4.74 Å². The molecule has 0 unspecified atom stereocenters. The van der Waals surface area contributed by atoms with Crippen LogP contribution in [0, 0.1) is 22.7 Å². The van der Waals surface area contributed by atoms with Gasteiger partial charge in [0, 0.05) is 38.5 Å². The Morgan fingerprint density at radius 1 is 1.30 bits per heavy atom. The zero-order chi connectivity index (χ0) is 18.9. The van der Waals surface area contributed by atoms with Crippen molar-refractivity contribution in [1.82, 2.24) is 14.8 Å². The average molecular weight is 368 g/mol. The summed E-state index contributed by atoms with van der Waals surface area (Å²) < 4.78 is 5.35. The van der Waals surface area contributed by atoms with Crippen molar-refractivity contribution in [3.63, 3.8) is 0 Å². The summed E-state index contributed by atoms with van der Waals surface area (Å²) in [4.78, 5) is 34.2. The molecule has 4 aliphatic rings. The number of ether oxygens (including phenoxy) is 1. The van der Waals surface area contributed by atoms with Crippen LogP contribution >= 0.6 is 0 Å². The Labute approximate surface area is 158 Å². The third-order valence-corrected chi connectivity index (χ3v) is 6.11. The lowest BCUT2D eigenvalue weighted by Crippen LogP contribution is -2.49. The van der Waals surface area contributed by atoms with Gasteiger partial charge in [0.1, 0.15) is 5.41 Å². The number of carbonyl (C=O) groups is 2. The predicted octanol–water partition coefficient (Wildman–Crippen LogP) is 1.35. The molecule has 0 radical (unpaired) electrons. The highest BCUT2D eigenvalue weighted by Gasteiger charge is 2.48. The maximum absolute atomic E-state index is 13.3. The largest absolute Gasteiger partial charge is 0.381 e. The van der Waals surface area contributed by atoms with Gasteiger partial charge >= 0.3 is 0 Å². The van der Waals surface area contributed by atoms with Gasteiger partial charge in [0.05, 0.1) is 24.2 Å². The molecule has 1 aromatic rings. The third kappa shape index (κ3) is 3.30. The number of hydrogen-bond donors (Lipinski definition) is 0. The maximum Gasteiger partial charge on any atom is 0.243 e. The number of nitrogens with zero attached hydrogens (tertiary/aromatic N) is 4. The van der Waals surface area contributed by atoms with Gasteiger partial charge in [0.2, 0.25) is 11.8 Å². The number of nitriles is 1. The first-order valence-electron chi connectivity index (χ1n) is 9.62. The molecule has 5 heterocycles. The maximum atomic E-state index is 13.3. The van der Waals surface area contributed by atoms with Crippen molar-refractivity contribution in [3.05, 3.63) is 30.1 Å². The van der Waals surface area contributed by atoms with Crippen LogP contribution in [0.25, 0.3) is 0 Å². The molecule has 0 aromatic carbocycles. The lowest BCUT2D eigenvalue weighted by atomic mass is 9.80. The van der Waals surface area contributed by atoms with Crippen LogP contribution in [0.3, 0.4) is 0 Å². The van der Waals surface area contributed by atoms with Crippen LogP contribution in [-0.2, 0) is 20.9 Å². The summed E-state index contributed by atoms with van der Waals surface area (Å²) in [6.45, 7) is 2.25. The Kier molecular flexibility index (Phi) is 4.83. The molecule has 2 atom stereocenters. The Morgan fingerprint density at radius 2 is 2.11 bits per heavy atom. The van der Waals surface area contributed by atoms with Gasteiger partial charge in [0.25, 0.3) is 0 Å². The van der Waals surface area contributed by atoms with Gasteiger partial charge in [-0.25, -0.2) is 0 Å². The molecule has 2 bridgehead atoms. The minimum absolute atomic E-state index is 0.0159. The molecule has 1 aromatic heterocycles. The molecule has 0 aliphatic carbocycles. The lowest BCUT2D eigenvalue weighted by Gasteiger charge is -2.36. The molecule has 4 aliphatic heterocycles. The number of fused-ring (bicyclic) bond motifs is 4. The van der Waals surface area contributed by atoms with E-state index in [9.17, 15) is 14.9 Å². The second-order valence-electron chi connectivity index (χ2n) is 7.73. The molecule has 142 valence electrons. The van der Waals surface area contributed by atoms with Crippen LogP contribution in [0.15, 0.2) is 24.4 Å². The van der Waals surface area contributed by atoms with E-state index in [-0.39, 0.29) is 23.8 Å². The van der Waals surface area contributed by atoms with Crippen LogP contribution in [0.4, 0.5) is 0 Å². The first kappa shape index (κ1) is 17.9. The van der Waals surface area contributed by atoms with Gasteiger partial charge in [-0.2, -0.15) is 5.26 Å². The topological polar surface area (TPSA) is 86.5 Å². The summed E-state index contributed by atoms with van der Waals surface area (Å²) in [5, 5.41) is 9.72. The second kappa shape index (κ2) is 7.28. The van der Waals surface area contributed by atoms with Crippen molar-refractivity contribution in [1.29, 1.82) is 5.26 Å². The van der Waals surface area contributed by atoms with Crippen molar-refractivity contribution in [2.75, 3.05) is 26.3 Å². The van der Waals surface area contributed by atoms with Gasteiger partial charge in [-0.1, -0.05) is 6.07 Å². The number of rotatable bonds is 3. The van der Waals surface area contributed by atoms with Crippen LogP contribution in [0.1, 0.15) is 31.4 Å². The van der Waals surface area contributed by atoms with Gasteiger partial charge < -0.3 is 14.5 Å². The fourth-order valence-electron chi connectivity index (χ4n) is 4.48. The summed E-state index contributed by atoms with van der Waals surface area (Å²) in [6, 6.07) is 7.94. The zero-order valence-electron chi connectivity index (χ0n) is 15.3. The summed E-state index contributed by atoms with van der Waals surface area (Å²) in [7, 11) is 0. The summed E-state index contributed by atoms with van der Waals surface area (Å²) in [6.07, 6.45) is 4.28. The van der Waals surface area contributed by atoms with Crippen LogP contribution in [-0.4, -0.2) is 58.9 Å². The van der Waals surface area contributed by atoms with Gasteiger partial charge in [-0.05, 0) is 37.8 Å². The molecule has 0 spiro atoms. The van der Waals surface area contributed by atoms with E-state index in [1.807, 2.05) is 23.1 Å². The normalized spacial score (nSPS) is 27.1. The second-order valence-corrected chi connectivity index (χ2v) is 7.73. The third-order valence-electron chi connectivity index (χ3n) is 6.11. The van der Waals surface area contributed by atoms with E-state index < -0.39 is 5.41 Å². The molecular weight excluding hydrogens is 344 g/mol. The molecule has 27 heavy (non-hydrogen) atoms. The number of piperidine rings is 1. The number of hydrogen-bond acceptors (Lipinski definition) is 5. The molecule has 5 rings (SSSR count). The monoisotopic (exact) mass is 368 g/mol. The highest BCUT2D eigenvalue weighted by molar-refractivity contribution is 5.87. The Morgan fingerprint density at radius 3 is 2.81 bits per heavy atom. The van der Waals surface area contributed by atoms with E-state index in [1.165, 1.54) is 0 Å². The SMILES string of the molecule is N#CC1(C(=O)N2C[C@H]3CC[C@@H](C2)N(Cc2ccccn2)C3=O)CCOCC1. The Bertz CT molecular complexity index is 754. The quantitative estimate of drug-likeness (QED) is 0.804. The predicted molar refractivity (Wildman–Crippen MR) is 96.0 cm³/mol. The van der Waals surface area contributed by atoms with E-state index in [2.05, 4.69) is 11.1 Å². The Balaban J connectivity index is 1.54. The average Bonchev–Trinajstić information content (AvgIpc) is 3.01. The fraction of sp³-hybridized carbons (Fsp3) is 0.600. The van der Waals surface area contributed by atoms with Crippen LogP contribution in [0.2, 0.25) is 0 Å². The molecule has 0 N–H and O–H groups in total. The number of amides is 2.